The van der Waals surface area contributed by atoms with Crippen LogP contribution in [0, 0.1) is 6.92 Å². The molecular formula is C11H17N3O4. The zero-order valence-corrected chi connectivity index (χ0v) is 10.3. The summed E-state index contributed by atoms with van der Waals surface area (Å²) in [5.74, 6) is -1.22. The van der Waals surface area contributed by atoms with E-state index in [1.54, 1.807) is 6.92 Å². The molecule has 7 heteroatoms. The lowest BCUT2D eigenvalue weighted by molar-refractivity contribution is 0.0997. The Morgan fingerprint density at radius 1 is 1.50 bits per heavy atom. The first-order chi connectivity index (χ1) is 8.36. The van der Waals surface area contributed by atoms with Crippen LogP contribution in [0.4, 0.5) is 0 Å². The lowest BCUT2D eigenvalue weighted by Crippen LogP contribution is -2.33. The molecule has 7 nitrogen and oxygen atoms in total. The Bertz CT molecular complexity index is 536. The van der Waals surface area contributed by atoms with Gasteiger partial charge in [-0.3, -0.25) is 14.2 Å². The number of nitrogens with zero attached hydrogens (tertiary/aromatic N) is 1. The van der Waals surface area contributed by atoms with E-state index >= 15 is 0 Å². The molecule has 0 saturated heterocycles. The molecule has 100 valence electrons. The number of aromatic hydroxyl groups is 1. The van der Waals surface area contributed by atoms with Gasteiger partial charge in [-0.1, -0.05) is 0 Å². The number of aliphatic hydroxyl groups is 1. The summed E-state index contributed by atoms with van der Waals surface area (Å²) in [5, 5.41) is 19.0. The fourth-order valence-electron chi connectivity index (χ4n) is 1.96. The van der Waals surface area contributed by atoms with Gasteiger partial charge in [-0.25, -0.2) is 0 Å². The Kier molecular flexibility index (Phi) is 4.10. The van der Waals surface area contributed by atoms with E-state index < -0.39 is 24.1 Å². The highest BCUT2D eigenvalue weighted by molar-refractivity contribution is 5.94. The van der Waals surface area contributed by atoms with Crippen molar-refractivity contribution in [2.45, 2.75) is 26.4 Å². The van der Waals surface area contributed by atoms with Gasteiger partial charge in [0, 0.05) is 12.1 Å². The molecule has 0 fully saturated rings. The van der Waals surface area contributed by atoms with E-state index in [1.165, 1.54) is 6.92 Å². The van der Waals surface area contributed by atoms with Crippen molar-refractivity contribution in [2.24, 2.45) is 11.5 Å². The first kappa shape index (κ1) is 14.2. The molecule has 0 saturated carbocycles. The van der Waals surface area contributed by atoms with E-state index in [4.69, 9.17) is 16.6 Å². The number of hydrogen-bond donors (Lipinski definition) is 4. The zero-order valence-electron chi connectivity index (χ0n) is 10.3. The van der Waals surface area contributed by atoms with Crippen molar-refractivity contribution in [1.29, 1.82) is 0 Å². The molecule has 1 aromatic rings. The Balaban J connectivity index is 3.78. The molecular weight excluding hydrogens is 238 g/mol. The second-order valence-corrected chi connectivity index (χ2v) is 3.94. The highest BCUT2D eigenvalue weighted by Crippen LogP contribution is 2.26. The molecule has 0 aliphatic heterocycles. The number of pyridine rings is 1. The Labute approximate surface area is 104 Å². The lowest BCUT2D eigenvalue weighted by Gasteiger charge is -2.19. The van der Waals surface area contributed by atoms with Gasteiger partial charge >= 0.3 is 0 Å². The smallest absolute Gasteiger partial charge is 0.266 e. The number of primary amides is 1. The van der Waals surface area contributed by atoms with Crippen LogP contribution < -0.4 is 17.0 Å². The molecule has 1 unspecified atom stereocenters. The van der Waals surface area contributed by atoms with Crippen molar-refractivity contribution in [3.8, 4) is 5.88 Å². The molecule has 0 radical (unpaired) electrons. The van der Waals surface area contributed by atoms with E-state index in [9.17, 15) is 14.7 Å². The summed E-state index contributed by atoms with van der Waals surface area (Å²) in [4.78, 5) is 23.3. The highest BCUT2D eigenvalue weighted by Gasteiger charge is 2.24. The molecule has 0 aromatic carbocycles. The van der Waals surface area contributed by atoms with Crippen LogP contribution in [-0.2, 0) is 6.54 Å². The van der Waals surface area contributed by atoms with Gasteiger partial charge < -0.3 is 21.7 Å². The van der Waals surface area contributed by atoms with Gasteiger partial charge in [0.2, 0.25) is 0 Å². The number of aliphatic hydroxyl groups excluding tert-OH is 1. The number of amides is 1. The minimum Gasteiger partial charge on any atom is -0.494 e. The summed E-state index contributed by atoms with van der Waals surface area (Å²) >= 11 is 0. The van der Waals surface area contributed by atoms with Gasteiger partial charge in [-0.2, -0.15) is 0 Å². The quantitative estimate of drug-likeness (QED) is 0.546. The van der Waals surface area contributed by atoms with Crippen molar-refractivity contribution in [2.75, 3.05) is 6.61 Å². The van der Waals surface area contributed by atoms with E-state index in [2.05, 4.69) is 0 Å². The molecule has 1 rings (SSSR count). The van der Waals surface area contributed by atoms with Crippen molar-refractivity contribution in [3.05, 3.63) is 27.0 Å². The van der Waals surface area contributed by atoms with Crippen molar-refractivity contribution < 1.29 is 15.0 Å². The number of carbonyl (C=O) groups excluding carboxylic acids is 1. The first-order valence-corrected chi connectivity index (χ1v) is 5.49. The van der Waals surface area contributed by atoms with Crippen molar-refractivity contribution in [1.82, 2.24) is 4.57 Å². The molecule has 0 spiro atoms. The molecule has 1 atom stereocenters. The maximum atomic E-state index is 11.9. The minimum absolute atomic E-state index is 0.160. The second kappa shape index (κ2) is 5.19. The second-order valence-electron chi connectivity index (χ2n) is 3.94. The minimum atomic E-state index is -0.888. The Morgan fingerprint density at radius 3 is 2.44 bits per heavy atom. The average molecular weight is 255 g/mol. The van der Waals surface area contributed by atoms with Crippen LogP contribution in [-0.4, -0.2) is 27.3 Å². The first-order valence-electron chi connectivity index (χ1n) is 5.49. The third-order valence-corrected chi connectivity index (χ3v) is 2.86. The predicted molar refractivity (Wildman–Crippen MR) is 65.3 cm³/mol. The van der Waals surface area contributed by atoms with Crippen LogP contribution in [0.2, 0.25) is 0 Å². The Hall–Kier alpha value is -1.86. The maximum absolute atomic E-state index is 11.9. The zero-order chi connectivity index (χ0) is 14.0. The highest BCUT2D eigenvalue weighted by atomic mass is 16.3. The lowest BCUT2D eigenvalue weighted by atomic mass is 9.99. The number of rotatable bonds is 4. The van der Waals surface area contributed by atoms with E-state index in [0.29, 0.717) is 0 Å². The number of nitrogens with two attached hydrogens (primary N) is 2. The number of carbonyl (C=O) groups is 1. The Morgan fingerprint density at radius 2 is 2.06 bits per heavy atom. The van der Waals surface area contributed by atoms with Gasteiger partial charge in [-0.15, -0.1) is 0 Å². The van der Waals surface area contributed by atoms with Gasteiger partial charge in [0.15, 0.2) is 5.88 Å². The van der Waals surface area contributed by atoms with Crippen molar-refractivity contribution in [3.63, 3.8) is 0 Å². The maximum Gasteiger partial charge on any atom is 0.266 e. The van der Waals surface area contributed by atoms with Crippen LogP contribution >= 0.6 is 0 Å². The summed E-state index contributed by atoms with van der Waals surface area (Å²) in [6, 6.07) is -0.888. The van der Waals surface area contributed by atoms with E-state index in [-0.39, 0.29) is 29.1 Å². The average Bonchev–Trinajstić information content (AvgIpc) is 2.28. The van der Waals surface area contributed by atoms with Crippen LogP contribution in [0.1, 0.15) is 34.5 Å². The fraction of sp³-hybridized carbons (Fsp3) is 0.455. The number of hydrogen-bond acceptors (Lipinski definition) is 5. The van der Waals surface area contributed by atoms with Gasteiger partial charge in [0.25, 0.3) is 11.5 Å². The summed E-state index contributed by atoms with van der Waals surface area (Å²) in [7, 11) is 0. The monoisotopic (exact) mass is 255 g/mol. The van der Waals surface area contributed by atoms with E-state index in [1.807, 2.05) is 0 Å². The van der Waals surface area contributed by atoms with E-state index in [0.717, 1.165) is 4.57 Å². The molecule has 0 aliphatic rings. The standard InChI is InChI=1S/C11H17N3O4/c1-3-14-10(17)7(6(12)4-15)5(2)8(9(13)16)11(14)18/h6,15,17H,3-4,12H2,1-2H3,(H2,13,16). The molecule has 1 amide bonds. The van der Waals surface area contributed by atoms with Crippen LogP contribution in [0.5, 0.6) is 5.88 Å². The third kappa shape index (κ3) is 2.09. The molecule has 6 N–H and O–H groups in total. The van der Waals surface area contributed by atoms with Crippen LogP contribution in [0.3, 0.4) is 0 Å². The molecule has 18 heavy (non-hydrogen) atoms. The summed E-state index contributed by atoms with van der Waals surface area (Å²) in [5.41, 5.74) is 10.3. The largest absolute Gasteiger partial charge is 0.494 e. The van der Waals surface area contributed by atoms with Crippen LogP contribution in [0.15, 0.2) is 4.79 Å². The topological polar surface area (TPSA) is 132 Å². The molecule has 1 aromatic heterocycles. The predicted octanol–water partition coefficient (Wildman–Crippen LogP) is -1.03. The van der Waals surface area contributed by atoms with Crippen LogP contribution in [0.25, 0.3) is 0 Å². The fourth-order valence-corrected chi connectivity index (χ4v) is 1.96. The van der Waals surface area contributed by atoms with Gasteiger partial charge in [0.05, 0.1) is 12.6 Å². The molecule has 1 heterocycles. The van der Waals surface area contributed by atoms with Crippen molar-refractivity contribution >= 4 is 5.91 Å². The SMILES string of the molecule is CCn1c(O)c(C(N)CO)c(C)c(C(N)=O)c1=O. The molecule has 0 aliphatic carbocycles. The third-order valence-electron chi connectivity index (χ3n) is 2.86. The van der Waals surface area contributed by atoms with Gasteiger partial charge in [0.1, 0.15) is 5.56 Å². The summed E-state index contributed by atoms with van der Waals surface area (Å²) in [6.45, 7) is 2.84. The normalized spacial score (nSPS) is 12.4. The summed E-state index contributed by atoms with van der Waals surface area (Å²) < 4.78 is 0.998. The van der Waals surface area contributed by atoms with Gasteiger partial charge in [-0.05, 0) is 19.4 Å². The number of aromatic nitrogens is 1. The summed E-state index contributed by atoms with van der Waals surface area (Å²) in [6.07, 6.45) is 0. The molecule has 0 bridgehead atoms.